The predicted octanol–water partition coefficient (Wildman–Crippen LogP) is 6.74. The zero-order valence-corrected chi connectivity index (χ0v) is 25.1. The molecule has 1 aliphatic heterocycles. The van der Waals surface area contributed by atoms with Gasteiger partial charge < -0.3 is 5.32 Å². The summed E-state index contributed by atoms with van der Waals surface area (Å²) in [4.78, 5) is 37.6. The smallest absolute Gasteiger partial charge is 0.261 e. The van der Waals surface area contributed by atoms with Crippen LogP contribution in [0.5, 0.6) is 0 Å². The Balaban J connectivity index is 1.46. The Bertz CT molecular complexity index is 1740. The van der Waals surface area contributed by atoms with E-state index in [4.69, 9.17) is 9.98 Å². The van der Waals surface area contributed by atoms with Gasteiger partial charge in [-0.15, -0.1) is 23.1 Å². The van der Waals surface area contributed by atoms with Crippen LogP contribution >= 0.6 is 23.1 Å². The molecule has 0 bridgehead atoms. The van der Waals surface area contributed by atoms with E-state index in [1.165, 1.54) is 23.1 Å². The van der Waals surface area contributed by atoms with E-state index in [0.717, 1.165) is 4.88 Å². The number of benzene rings is 2. The van der Waals surface area contributed by atoms with Crippen LogP contribution in [-0.2, 0) is 16.8 Å². The number of carbonyl (C=O) groups excluding carboxylic acids is 1. The standard InChI is InChI=1S/C32H31N5O2S2/c1-20-26(28(38)35-21-11-6-5-7-12-21)27(25-15-10-17-40-25)23(19-33)29(34-20)41-18-16-37-30(39)22-13-8-9-14-24(22)36-31(37)32(2,3)4/h5-15,17,26-27H,16,18H2,1-4H3,(H,35,38)/t26?,27-/m1/s1. The lowest BCUT2D eigenvalue weighted by Crippen LogP contribution is -2.36. The first-order valence-corrected chi connectivity index (χ1v) is 15.3. The number of thioether (sulfide) groups is 1. The molecule has 2 atom stereocenters. The SMILES string of the molecule is CC1=NC(SCCn2c(C(C)(C)C)nc3ccccc3c2=O)=C(C#N)[C@H](c2cccs2)C1C(=O)Nc1ccccc1. The third kappa shape index (κ3) is 5.90. The average molecular weight is 582 g/mol. The fraction of sp³-hybridized carbons (Fsp3) is 0.281. The zero-order chi connectivity index (χ0) is 29.1. The molecule has 1 unspecified atom stereocenters. The number of nitrogens with zero attached hydrogens (tertiary/aromatic N) is 4. The maximum Gasteiger partial charge on any atom is 0.261 e. The van der Waals surface area contributed by atoms with Gasteiger partial charge in [0.25, 0.3) is 5.56 Å². The summed E-state index contributed by atoms with van der Waals surface area (Å²) >= 11 is 2.96. The van der Waals surface area contributed by atoms with E-state index < -0.39 is 11.8 Å². The Labute approximate surface area is 247 Å². The van der Waals surface area contributed by atoms with E-state index >= 15 is 0 Å². The molecule has 4 aromatic rings. The van der Waals surface area contributed by atoms with Crippen molar-refractivity contribution >= 4 is 51.3 Å². The molecule has 0 fully saturated rings. The highest BCUT2D eigenvalue weighted by Gasteiger charge is 2.40. The van der Waals surface area contributed by atoms with Gasteiger partial charge in [-0.25, -0.2) is 9.98 Å². The molecule has 1 aliphatic rings. The molecule has 5 rings (SSSR count). The number of rotatable bonds is 7. The van der Waals surface area contributed by atoms with Gasteiger partial charge in [0, 0.05) is 39.9 Å². The molecular formula is C32H31N5O2S2. The van der Waals surface area contributed by atoms with Crippen LogP contribution in [0.4, 0.5) is 5.69 Å². The van der Waals surface area contributed by atoms with Gasteiger partial charge >= 0.3 is 0 Å². The average Bonchev–Trinajstić information content (AvgIpc) is 3.48. The summed E-state index contributed by atoms with van der Waals surface area (Å²) in [5, 5.41) is 16.5. The minimum absolute atomic E-state index is 0.0759. The number of amides is 1. The largest absolute Gasteiger partial charge is 0.325 e. The molecule has 2 aromatic carbocycles. The van der Waals surface area contributed by atoms with Crippen LogP contribution in [-0.4, -0.2) is 26.9 Å². The van der Waals surface area contributed by atoms with Crippen molar-refractivity contribution in [1.82, 2.24) is 9.55 Å². The Hall–Kier alpha value is -4.00. The van der Waals surface area contributed by atoms with Crippen molar-refractivity contribution in [2.24, 2.45) is 10.9 Å². The van der Waals surface area contributed by atoms with Gasteiger partial charge in [0.05, 0.1) is 28.5 Å². The van der Waals surface area contributed by atoms with Crippen molar-refractivity contribution in [3.05, 3.63) is 104 Å². The molecule has 0 radical (unpaired) electrons. The Morgan fingerprint density at radius 3 is 2.51 bits per heavy atom. The lowest BCUT2D eigenvalue weighted by Gasteiger charge is -2.30. The van der Waals surface area contributed by atoms with E-state index in [0.29, 0.717) is 51.0 Å². The molecule has 7 nitrogen and oxygen atoms in total. The maximum absolute atomic E-state index is 13.6. The van der Waals surface area contributed by atoms with Gasteiger partial charge in [0.15, 0.2) is 0 Å². The molecule has 208 valence electrons. The number of hydrogen-bond donors (Lipinski definition) is 1. The topological polar surface area (TPSA) is 100 Å². The number of thiophene rings is 1. The summed E-state index contributed by atoms with van der Waals surface area (Å²) in [6, 6.07) is 23.0. The van der Waals surface area contributed by atoms with Gasteiger partial charge in [0.2, 0.25) is 5.91 Å². The molecule has 41 heavy (non-hydrogen) atoms. The van der Waals surface area contributed by atoms with Crippen molar-refractivity contribution in [3.8, 4) is 6.07 Å². The lowest BCUT2D eigenvalue weighted by atomic mass is 9.80. The van der Waals surface area contributed by atoms with Crippen LogP contribution in [0.1, 0.15) is 44.3 Å². The quantitative estimate of drug-likeness (QED) is 0.261. The Kier molecular flexibility index (Phi) is 8.25. The van der Waals surface area contributed by atoms with Gasteiger partial charge in [-0.2, -0.15) is 5.26 Å². The maximum atomic E-state index is 13.6. The van der Waals surface area contributed by atoms with Crippen LogP contribution in [0, 0.1) is 17.2 Å². The minimum Gasteiger partial charge on any atom is -0.325 e. The molecule has 1 amide bonds. The van der Waals surface area contributed by atoms with Gasteiger partial charge in [0.1, 0.15) is 10.9 Å². The number of hydrogen-bond acceptors (Lipinski definition) is 7. The minimum atomic E-state index is -0.618. The number of aromatic nitrogens is 2. The molecule has 0 saturated carbocycles. The van der Waals surface area contributed by atoms with E-state index in [-0.39, 0.29) is 16.9 Å². The third-order valence-corrected chi connectivity index (χ3v) is 8.91. The van der Waals surface area contributed by atoms with Gasteiger partial charge in [-0.05, 0) is 42.6 Å². The molecule has 0 spiro atoms. The van der Waals surface area contributed by atoms with Crippen molar-refractivity contribution in [3.63, 3.8) is 0 Å². The number of carbonyl (C=O) groups is 1. The lowest BCUT2D eigenvalue weighted by molar-refractivity contribution is -0.118. The van der Waals surface area contributed by atoms with Crippen LogP contribution in [0.2, 0.25) is 0 Å². The van der Waals surface area contributed by atoms with E-state index in [2.05, 4.69) is 11.4 Å². The summed E-state index contributed by atoms with van der Waals surface area (Å²) in [5.74, 6) is -0.0326. The fourth-order valence-electron chi connectivity index (χ4n) is 5.10. The van der Waals surface area contributed by atoms with Crippen molar-refractivity contribution in [2.75, 3.05) is 11.1 Å². The highest BCUT2D eigenvalue weighted by molar-refractivity contribution is 8.03. The molecule has 3 heterocycles. The van der Waals surface area contributed by atoms with Crippen LogP contribution < -0.4 is 10.9 Å². The summed E-state index contributed by atoms with van der Waals surface area (Å²) in [5.41, 5.74) is 2.09. The predicted molar refractivity (Wildman–Crippen MR) is 169 cm³/mol. The number of anilines is 1. The summed E-state index contributed by atoms with van der Waals surface area (Å²) in [6.07, 6.45) is 0. The summed E-state index contributed by atoms with van der Waals surface area (Å²) in [6.45, 7) is 8.39. The number of para-hydroxylation sites is 2. The fourth-order valence-corrected chi connectivity index (χ4v) is 6.97. The van der Waals surface area contributed by atoms with Crippen molar-refractivity contribution < 1.29 is 4.79 Å². The second-order valence-corrected chi connectivity index (χ2v) is 13.0. The zero-order valence-electron chi connectivity index (χ0n) is 23.4. The Morgan fingerprint density at radius 1 is 1.10 bits per heavy atom. The number of aliphatic imine (C=N–C) groups is 1. The van der Waals surface area contributed by atoms with E-state index in [1.54, 1.807) is 10.6 Å². The van der Waals surface area contributed by atoms with Gasteiger partial charge in [-0.3, -0.25) is 14.2 Å². The van der Waals surface area contributed by atoms with Crippen LogP contribution in [0.3, 0.4) is 0 Å². The number of nitriles is 1. The number of nitrogens with one attached hydrogen (secondary N) is 1. The van der Waals surface area contributed by atoms with E-state index in [9.17, 15) is 14.9 Å². The number of fused-ring (bicyclic) bond motifs is 1. The highest BCUT2D eigenvalue weighted by atomic mass is 32.2. The Morgan fingerprint density at radius 2 is 1.83 bits per heavy atom. The van der Waals surface area contributed by atoms with Crippen LogP contribution in [0.15, 0.2) is 92.5 Å². The molecule has 2 aromatic heterocycles. The summed E-state index contributed by atoms with van der Waals surface area (Å²) in [7, 11) is 0. The van der Waals surface area contributed by atoms with E-state index in [1.807, 2.05) is 93.7 Å². The summed E-state index contributed by atoms with van der Waals surface area (Å²) < 4.78 is 1.74. The second kappa shape index (κ2) is 11.9. The molecule has 0 saturated heterocycles. The normalized spacial score (nSPS) is 17.3. The van der Waals surface area contributed by atoms with Crippen molar-refractivity contribution in [1.29, 1.82) is 5.26 Å². The highest BCUT2D eigenvalue weighted by Crippen LogP contribution is 2.43. The molecular weight excluding hydrogens is 551 g/mol. The first-order valence-electron chi connectivity index (χ1n) is 13.4. The molecule has 9 heteroatoms. The third-order valence-electron chi connectivity index (χ3n) is 6.98. The first kappa shape index (κ1) is 28.5. The monoisotopic (exact) mass is 581 g/mol. The number of allylic oxidation sites excluding steroid dienone is 1. The second-order valence-electron chi connectivity index (χ2n) is 10.9. The molecule has 1 N–H and O–H groups in total. The molecule has 0 aliphatic carbocycles. The van der Waals surface area contributed by atoms with Crippen molar-refractivity contribution in [2.45, 2.75) is 45.6 Å². The first-order chi connectivity index (χ1) is 19.7. The van der Waals surface area contributed by atoms with Crippen LogP contribution in [0.25, 0.3) is 10.9 Å². The van der Waals surface area contributed by atoms with Gasteiger partial charge in [-0.1, -0.05) is 57.2 Å².